The van der Waals surface area contributed by atoms with Crippen LogP contribution in [0.4, 0.5) is 0 Å². The third-order valence-corrected chi connectivity index (χ3v) is 4.36. The van der Waals surface area contributed by atoms with Gasteiger partial charge in [0.1, 0.15) is 0 Å². The molecule has 0 saturated heterocycles. The van der Waals surface area contributed by atoms with E-state index in [1.807, 2.05) is 0 Å². The third-order valence-electron chi connectivity index (χ3n) is 2.41. The first-order valence-corrected chi connectivity index (χ1v) is 9.26. The van der Waals surface area contributed by atoms with Crippen LogP contribution in [0, 0.1) is 5.41 Å². The van der Waals surface area contributed by atoms with Crippen LogP contribution in [0.15, 0.2) is 4.99 Å². The molecule has 0 spiro atoms. The maximum atomic E-state index is 4.87. The molecule has 0 aromatic heterocycles. The fourth-order valence-electron chi connectivity index (χ4n) is 1.98. The molecule has 0 atom stereocenters. The van der Waals surface area contributed by atoms with Gasteiger partial charge in [-0.25, -0.2) is 0 Å². The van der Waals surface area contributed by atoms with Gasteiger partial charge in [-0.05, 0) is 27.7 Å². The first-order chi connectivity index (χ1) is 7.07. The topological polar surface area (TPSA) is 15.6 Å². The van der Waals surface area contributed by atoms with Crippen LogP contribution in [0.5, 0.6) is 0 Å². The van der Waals surface area contributed by atoms with Gasteiger partial charge in [0.25, 0.3) is 0 Å². The highest BCUT2D eigenvalue weighted by Crippen LogP contribution is 2.22. The van der Waals surface area contributed by atoms with E-state index in [0.717, 1.165) is 0 Å². The number of aliphatic imine (C=N–C) groups is 1. The van der Waals surface area contributed by atoms with Gasteiger partial charge in [0, 0.05) is 17.5 Å². The average molecular weight is 240 g/mol. The van der Waals surface area contributed by atoms with E-state index in [1.165, 1.54) is 5.84 Å². The van der Waals surface area contributed by atoms with E-state index in [2.05, 4.69) is 63.9 Å². The van der Waals surface area contributed by atoms with Gasteiger partial charge in [0.2, 0.25) is 0 Å². The van der Waals surface area contributed by atoms with Gasteiger partial charge in [-0.15, -0.1) is 0 Å². The summed E-state index contributed by atoms with van der Waals surface area (Å²) in [4.78, 5) is 4.87. The zero-order valence-electron chi connectivity index (χ0n) is 12.6. The normalized spacial score (nSPS) is 13.6. The van der Waals surface area contributed by atoms with E-state index in [1.54, 1.807) is 0 Å². The molecule has 0 radical (unpaired) electrons. The molecule has 0 fully saturated rings. The lowest BCUT2D eigenvalue weighted by Crippen LogP contribution is -2.50. The summed E-state index contributed by atoms with van der Waals surface area (Å²) in [6.45, 7) is 15.7. The van der Waals surface area contributed by atoms with Crippen molar-refractivity contribution in [1.82, 2.24) is 3.88 Å². The Kier molecular flexibility index (Phi) is 6.08. The second-order valence-electron chi connectivity index (χ2n) is 6.39. The molecule has 0 aromatic carbocycles. The number of hydrogen-bond donors (Lipinski definition) is 0. The Labute approximate surface area is 107 Å². The minimum Gasteiger partial charge on any atom is -0.449 e. The van der Waals surface area contributed by atoms with Gasteiger partial charge >= 0.3 is 14.4 Å². The molecule has 16 heavy (non-hydrogen) atoms. The van der Waals surface area contributed by atoms with Crippen molar-refractivity contribution in [2.24, 2.45) is 10.4 Å². The third kappa shape index (κ3) is 4.89. The van der Waals surface area contributed by atoms with Crippen molar-refractivity contribution in [1.29, 1.82) is 0 Å². The Morgan fingerprint density at radius 3 is 1.69 bits per heavy atom. The molecule has 0 rings (SSSR count). The van der Waals surface area contributed by atoms with Crippen molar-refractivity contribution >= 4 is 20.2 Å². The van der Waals surface area contributed by atoms with E-state index in [-0.39, 0.29) is 5.41 Å². The van der Waals surface area contributed by atoms with Gasteiger partial charge in [0.15, 0.2) is 0 Å². The highest BCUT2D eigenvalue weighted by Gasteiger charge is 2.30. The van der Waals surface area contributed by atoms with Gasteiger partial charge in [-0.1, -0.05) is 32.3 Å². The molecular formula is C13H29AlN2. The van der Waals surface area contributed by atoms with E-state index in [4.69, 9.17) is 4.99 Å². The summed E-state index contributed by atoms with van der Waals surface area (Å²) in [6, 6.07) is 0.937. The monoisotopic (exact) mass is 240 g/mol. The van der Waals surface area contributed by atoms with Crippen LogP contribution in [0.3, 0.4) is 0 Å². The number of rotatable bonds is 3. The molecule has 0 unspecified atom stereocenters. The fourth-order valence-corrected chi connectivity index (χ4v) is 4.11. The lowest BCUT2D eigenvalue weighted by molar-refractivity contribution is 0.436. The minimum absolute atomic E-state index is 0.145. The van der Waals surface area contributed by atoms with E-state index >= 15 is 0 Å². The maximum Gasteiger partial charge on any atom is 0.408 e. The summed E-state index contributed by atoms with van der Waals surface area (Å²) in [5.74, 6) is 6.04. The number of hydrogen-bond acceptors (Lipinski definition) is 1. The maximum absolute atomic E-state index is 4.87. The van der Waals surface area contributed by atoms with E-state index < -0.39 is 14.4 Å². The van der Waals surface area contributed by atoms with Gasteiger partial charge < -0.3 is 3.88 Å². The van der Waals surface area contributed by atoms with Crippen molar-refractivity contribution in [2.75, 3.05) is 0 Å². The molecule has 0 aliphatic heterocycles. The van der Waals surface area contributed by atoms with Crippen LogP contribution in [0.25, 0.3) is 0 Å². The quantitative estimate of drug-likeness (QED) is 0.416. The Bertz CT molecular complexity index is 229. The van der Waals surface area contributed by atoms with Crippen LogP contribution in [-0.2, 0) is 0 Å². The van der Waals surface area contributed by atoms with Crippen LogP contribution in [0.2, 0.25) is 11.6 Å². The van der Waals surface area contributed by atoms with Gasteiger partial charge in [0.05, 0.1) is 5.84 Å². The lowest BCUT2D eigenvalue weighted by atomic mass is 9.94. The summed E-state index contributed by atoms with van der Waals surface area (Å²) >= 11 is -0.857. The zero-order valence-corrected chi connectivity index (χ0v) is 13.8. The number of nitrogens with zero attached hydrogens (tertiary/aromatic N) is 2. The molecule has 0 bridgehead atoms. The van der Waals surface area contributed by atoms with Crippen LogP contribution in [0.1, 0.15) is 48.5 Å². The van der Waals surface area contributed by atoms with E-state index in [9.17, 15) is 0 Å². The molecule has 0 saturated carbocycles. The largest absolute Gasteiger partial charge is 0.449 e. The average Bonchev–Trinajstić information content (AvgIpc) is 1.98. The zero-order chi connectivity index (χ0) is 13.1. The highest BCUT2D eigenvalue weighted by atomic mass is 27.2. The van der Waals surface area contributed by atoms with Crippen molar-refractivity contribution in [3.8, 4) is 0 Å². The molecule has 3 heteroatoms. The van der Waals surface area contributed by atoms with Crippen LogP contribution < -0.4 is 0 Å². The fraction of sp³-hybridized carbons (Fsp3) is 0.923. The molecule has 94 valence electrons. The Hall–Kier alpha value is 0.00247. The Morgan fingerprint density at radius 2 is 1.50 bits per heavy atom. The molecule has 0 aliphatic rings. The van der Waals surface area contributed by atoms with Crippen molar-refractivity contribution in [2.45, 2.75) is 72.1 Å². The minimum atomic E-state index is -0.857. The lowest BCUT2D eigenvalue weighted by Gasteiger charge is -2.40. The van der Waals surface area contributed by atoms with Crippen LogP contribution >= 0.6 is 0 Å². The number of amidine groups is 1. The molecule has 0 aliphatic carbocycles. The van der Waals surface area contributed by atoms with Crippen molar-refractivity contribution in [3.63, 3.8) is 0 Å². The smallest absolute Gasteiger partial charge is 0.408 e. The first kappa shape index (κ1) is 16.0. The molecular weight excluding hydrogens is 211 g/mol. The predicted octanol–water partition coefficient (Wildman–Crippen LogP) is 3.80. The summed E-state index contributed by atoms with van der Waals surface area (Å²) < 4.78 is 2.57. The highest BCUT2D eigenvalue weighted by molar-refractivity contribution is 6.56. The predicted molar refractivity (Wildman–Crippen MR) is 76.5 cm³/mol. The Morgan fingerprint density at radius 1 is 1.06 bits per heavy atom. The molecule has 0 heterocycles. The van der Waals surface area contributed by atoms with Crippen LogP contribution in [-0.4, -0.2) is 36.2 Å². The van der Waals surface area contributed by atoms with Gasteiger partial charge in [-0.3, -0.25) is 4.99 Å². The molecule has 0 aromatic rings. The molecule has 0 N–H and O–H groups in total. The second-order valence-corrected chi connectivity index (χ2v) is 9.14. The summed E-state index contributed by atoms with van der Waals surface area (Å²) in [6.07, 6.45) is 0. The summed E-state index contributed by atoms with van der Waals surface area (Å²) in [5, 5.41) is 0. The Balaban J connectivity index is 5.31. The SMILES string of the molecule is CC(C)N=C([N](C(C)C)[Al]([CH3])[CH3])C(C)(C)C. The van der Waals surface area contributed by atoms with Crippen molar-refractivity contribution in [3.05, 3.63) is 0 Å². The first-order valence-electron chi connectivity index (χ1n) is 6.44. The van der Waals surface area contributed by atoms with Gasteiger partial charge in [-0.2, -0.15) is 0 Å². The molecule has 2 nitrogen and oxygen atoms in total. The summed E-state index contributed by atoms with van der Waals surface area (Å²) in [7, 11) is 0. The summed E-state index contributed by atoms with van der Waals surface area (Å²) in [5.41, 5.74) is 0.145. The van der Waals surface area contributed by atoms with Crippen molar-refractivity contribution < 1.29 is 0 Å². The second kappa shape index (κ2) is 6.08. The standard InChI is InChI=1S/C11H23N2.2CH3.Al/c1-8(2)12-10(11(5,6)7)13-9(3)4;;;/h8-9H,1-7H3;2*1H3;/q-1;;;+1. The van der Waals surface area contributed by atoms with E-state index in [0.29, 0.717) is 12.1 Å². The molecule has 0 amide bonds.